The minimum Gasteiger partial charge on any atom is -0.495 e. The highest BCUT2D eigenvalue weighted by Gasteiger charge is 2.23. The van der Waals surface area contributed by atoms with Gasteiger partial charge >= 0.3 is 0 Å². The maximum atomic E-state index is 12.4. The van der Waals surface area contributed by atoms with Crippen molar-refractivity contribution in [2.75, 3.05) is 44.7 Å². The molecule has 3 rings (SSSR count). The van der Waals surface area contributed by atoms with E-state index in [4.69, 9.17) is 4.74 Å². The van der Waals surface area contributed by atoms with Gasteiger partial charge in [0.05, 0.1) is 12.8 Å². The minimum absolute atomic E-state index is 0. The molecule has 2 fully saturated rings. The lowest BCUT2D eigenvalue weighted by atomic mass is 10.1. The van der Waals surface area contributed by atoms with Crippen LogP contribution >= 0.6 is 24.8 Å². The zero-order valence-electron chi connectivity index (χ0n) is 14.8. The number of methoxy groups -OCH3 is 1. The van der Waals surface area contributed by atoms with Crippen molar-refractivity contribution in [2.45, 2.75) is 31.7 Å². The summed E-state index contributed by atoms with van der Waals surface area (Å²) >= 11 is 0. The second-order valence-electron chi connectivity index (χ2n) is 6.37. The number of para-hydroxylation sites is 2. The van der Waals surface area contributed by atoms with E-state index in [-0.39, 0.29) is 24.8 Å². The van der Waals surface area contributed by atoms with E-state index in [9.17, 15) is 4.79 Å². The zero-order chi connectivity index (χ0) is 16.1. The molecule has 1 amide bonds. The van der Waals surface area contributed by atoms with Crippen LogP contribution in [-0.4, -0.2) is 56.7 Å². The number of amides is 1. The van der Waals surface area contributed by atoms with Gasteiger partial charge in [0, 0.05) is 38.6 Å². The smallest absolute Gasteiger partial charge is 0.222 e. The van der Waals surface area contributed by atoms with Gasteiger partial charge in [-0.1, -0.05) is 12.1 Å². The first-order chi connectivity index (χ1) is 11.3. The molecular weight excluding hydrogens is 361 g/mol. The quantitative estimate of drug-likeness (QED) is 0.840. The predicted octanol–water partition coefficient (Wildman–Crippen LogP) is 2.72. The van der Waals surface area contributed by atoms with Gasteiger partial charge in [0.1, 0.15) is 5.75 Å². The van der Waals surface area contributed by atoms with Crippen molar-refractivity contribution in [1.29, 1.82) is 0 Å². The van der Waals surface area contributed by atoms with Gasteiger partial charge in [-0.25, -0.2) is 0 Å². The fraction of sp³-hybridized carbons (Fsp3) is 0.611. The molecule has 25 heavy (non-hydrogen) atoms. The molecule has 7 heteroatoms. The van der Waals surface area contributed by atoms with Gasteiger partial charge in [-0.05, 0) is 37.9 Å². The Balaban J connectivity index is 0.00000156. The number of nitrogens with one attached hydrogen (secondary N) is 1. The molecule has 0 radical (unpaired) electrons. The van der Waals surface area contributed by atoms with Gasteiger partial charge in [0.2, 0.25) is 5.91 Å². The molecule has 1 unspecified atom stereocenters. The standard InChI is InChI=1S/C18H27N3O2.2ClH/c1-23-17-7-3-2-6-16(17)20-11-13-21(14-12-20)18(22)9-8-15-5-4-10-19-15;;/h2-3,6-7,15,19H,4-5,8-14H2,1H3;2*1H. The third kappa shape index (κ3) is 5.66. The maximum absolute atomic E-state index is 12.4. The summed E-state index contributed by atoms with van der Waals surface area (Å²) in [6.45, 7) is 4.45. The van der Waals surface area contributed by atoms with Crippen molar-refractivity contribution >= 4 is 36.4 Å². The highest BCUT2D eigenvalue weighted by Crippen LogP contribution is 2.28. The highest BCUT2D eigenvalue weighted by molar-refractivity contribution is 5.85. The number of hydrogen-bond acceptors (Lipinski definition) is 4. The van der Waals surface area contributed by atoms with Gasteiger partial charge < -0.3 is 19.9 Å². The number of benzene rings is 1. The number of nitrogens with zero attached hydrogens (tertiary/aromatic N) is 2. The molecule has 0 bridgehead atoms. The Bertz CT molecular complexity index is 531. The van der Waals surface area contributed by atoms with Crippen molar-refractivity contribution in [3.8, 4) is 5.75 Å². The lowest BCUT2D eigenvalue weighted by Gasteiger charge is -2.36. The van der Waals surface area contributed by atoms with Crippen LogP contribution in [0, 0.1) is 0 Å². The van der Waals surface area contributed by atoms with Gasteiger partial charge in [0.25, 0.3) is 0 Å². The summed E-state index contributed by atoms with van der Waals surface area (Å²) in [7, 11) is 1.70. The van der Waals surface area contributed by atoms with Crippen LogP contribution in [0.15, 0.2) is 24.3 Å². The van der Waals surface area contributed by atoms with Gasteiger partial charge in [0.15, 0.2) is 0 Å². The summed E-state index contributed by atoms with van der Waals surface area (Å²) in [5, 5.41) is 3.46. The van der Waals surface area contributed by atoms with E-state index in [0.29, 0.717) is 18.4 Å². The fourth-order valence-corrected chi connectivity index (χ4v) is 3.55. The van der Waals surface area contributed by atoms with Crippen molar-refractivity contribution in [2.24, 2.45) is 0 Å². The summed E-state index contributed by atoms with van der Waals surface area (Å²) in [6, 6.07) is 8.64. The van der Waals surface area contributed by atoms with Gasteiger partial charge in [-0.3, -0.25) is 4.79 Å². The van der Waals surface area contributed by atoms with Crippen LogP contribution in [0.4, 0.5) is 5.69 Å². The second-order valence-corrected chi connectivity index (χ2v) is 6.37. The van der Waals surface area contributed by atoms with Crippen molar-refractivity contribution in [3.05, 3.63) is 24.3 Å². The number of piperazine rings is 1. The van der Waals surface area contributed by atoms with E-state index >= 15 is 0 Å². The third-order valence-corrected chi connectivity index (χ3v) is 4.93. The first-order valence-electron chi connectivity index (χ1n) is 8.67. The molecule has 2 heterocycles. The number of carbonyl (C=O) groups is 1. The second kappa shape index (κ2) is 10.7. The molecule has 0 aliphatic carbocycles. The maximum Gasteiger partial charge on any atom is 0.222 e. The van der Waals surface area contributed by atoms with E-state index in [1.807, 2.05) is 23.1 Å². The zero-order valence-corrected chi connectivity index (χ0v) is 16.4. The Kier molecular flexibility index (Phi) is 9.39. The number of halogens is 2. The lowest BCUT2D eigenvalue weighted by Crippen LogP contribution is -2.49. The number of rotatable bonds is 5. The molecule has 1 N–H and O–H groups in total. The number of carbonyl (C=O) groups excluding carboxylic acids is 1. The summed E-state index contributed by atoms with van der Waals surface area (Å²) in [5.41, 5.74) is 1.12. The summed E-state index contributed by atoms with van der Waals surface area (Å²) in [4.78, 5) is 16.7. The molecule has 1 aromatic carbocycles. The number of ether oxygens (including phenoxy) is 1. The predicted molar refractivity (Wildman–Crippen MR) is 107 cm³/mol. The van der Waals surface area contributed by atoms with E-state index in [0.717, 1.165) is 50.6 Å². The molecule has 142 valence electrons. The van der Waals surface area contributed by atoms with Crippen LogP contribution in [0.1, 0.15) is 25.7 Å². The van der Waals surface area contributed by atoms with Crippen LogP contribution < -0.4 is 15.0 Å². The Morgan fingerprint density at radius 3 is 2.56 bits per heavy atom. The van der Waals surface area contributed by atoms with Crippen LogP contribution in [0.25, 0.3) is 0 Å². The normalized spacial score (nSPS) is 19.8. The Hall–Kier alpha value is -1.17. The number of hydrogen-bond donors (Lipinski definition) is 1. The summed E-state index contributed by atoms with van der Waals surface area (Å²) in [6.07, 6.45) is 4.11. The monoisotopic (exact) mass is 389 g/mol. The van der Waals surface area contributed by atoms with Gasteiger partial charge in [-0.15, -0.1) is 24.8 Å². The largest absolute Gasteiger partial charge is 0.495 e. The molecule has 5 nitrogen and oxygen atoms in total. The first-order valence-corrected chi connectivity index (χ1v) is 8.67. The van der Waals surface area contributed by atoms with Crippen LogP contribution in [0.5, 0.6) is 5.75 Å². The Labute approximate surface area is 162 Å². The van der Waals surface area contributed by atoms with Crippen molar-refractivity contribution in [3.63, 3.8) is 0 Å². The van der Waals surface area contributed by atoms with E-state index in [1.165, 1.54) is 12.8 Å². The van der Waals surface area contributed by atoms with E-state index in [1.54, 1.807) is 7.11 Å². The van der Waals surface area contributed by atoms with E-state index < -0.39 is 0 Å². The molecule has 0 aromatic heterocycles. The molecule has 2 aliphatic heterocycles. The summed E-state index contributed by atoms with van der Waals surface area (Å²) in [5.74, 6) is 1.21. The summed E-state index contributed by atoms with van der Waals surface area (Å²) < 4.78 is 5.44. The molecule has 2 saturated heterocycles. The average Bonchev–Trinajstić information content (AvgIpc) is 3.13. The fourth-order valence-electron chi connectivity index (χ4n) is 3.55. The number of anilines is 1. The third-order valence-electron chi connectivity index (χ3n) is 4.93. The van der Waals surface area contributed by atoms with Gasteiger partial charge in [-0.2, -0.15) is 0 Å². The topological polar surface area (TPSA) is 44.8 Å². The molecule has 2 aliphatic rings. The Morgan fingerprint density at radius 1 is 1.20 bits per heavy atom. The SMILES string of the molecule is COc1ccccc1N1CCN(C(=O)CCC2CCCN2)CC1.Cl.Cl. The van der Waals surface area contributed by atoms with Crippen molar-refractivity contribution < 1.29 is 9.53 Å². The average molecular weight is 390 g/mol. The van der Waals surface area contributed by atoms with E-state index in [2.05, 4.69) is 16.3 Å². The molecule has 0 spiro atoms. The van der Waals surface area contributed by atoms with Crippen molar-refractivity contribution in [1.82, 2.24) is 10.2 Å². The Morgan fingerprint density at radius 2 is 1.92 bits per heavy atom. The molecular formula is C18H29Cl2N3O2. The molecule has 0 saturated carbocycles. The molecule has 1 atom stereocenters. The van der Waals surface area contributed by atoms with Crippen LogP contribution in [0.2, 0.25) is 0 Å². The first kappa shape index (κ1) is 21.9. The lowest BCUT2D eigenvalue weighted by molar-refractivity contribution is -0.131. The van der Waals surface area contributed by atoms with Crippen LogP contribution in [-0.2, 0) is 4.79 Å². The minimum atomic E-state index is 0. The van der Waals surface area contributed by atoms with Crippen LogP contribution in [0.3, 0.4) is 0 Å². The highest BCUT2D eigenvalue weighted by atomic mass is 35.5. The molecule has 1 aromatic rings.